The molecule has 2 atom stereocenters. The first-order chi connectivity index (χ1) is 11.4. The average molecular weight is 352 g/mol. The van der Waals surface area contributed by atoms with Gasteiger partial charge in [0.25, 0.3) is 0 Å². The Morgan fingerprint density at radius 3 is 2.88 bits per heavy atom. The molecule has 0 N–H and O–H groups in total. The van der Waals surface area contributed by atoms with Gasteiger partial charge in [-0.25, -0.2) is 8.42 Å². The summed E-state index contributed by atoms with van der Waals surface area (Å²) in [5.74, 6) is -0.257. The Morgan fingerprint density at radius 2 is 2.17 bits per heavy atom. The number of hydrogen-bond donors (Lipinski definition) is 0. The Kier molecular flexibility index (Phi) is 4.92. The van der Waals surface area contributed by atoms with E-state index >= 15 is 0 Å². The van der Waals surface area contributed by atoms with E-state index < -0.39 is 15.6 Å². The molecule has 0 aromatic carbocycles. The topological polar surface area (TPSA) is 76.6 Å². The van der Waals surface area contributed by atoms with E-state index in [9.17, 15) is 13.2 Å². The van der Waals surface area contributed by atoms with Gasteiger partial charge in [-0.3, -0.25) is 9.78 Å². The molecule has 1 aromatic heterocycles. The first kappa shape index (κ1) is 17.4. The summed E-state index contributed by atoms with van der Waals surface area (Å²) in [4.78, 5) is 17.9. The number of aromatic nitrogens is 1. The SMILES string of the molecule is CS(=O)(=O)CC(=O)N1C[C@@H]2CCC[C@]2(COCc2ccncc2)C1. The molecule has 2 aliphatic rings. The van der Waals surface area contributed by atoms with Gasteiger partial charge in [-0.15, -0.1) is 0 Å². The Morgan fingerprint density at radius 1 is 1.42 bits per heavy atom. The van der Waals surface area contributed by atoms with Crippen LogP contribution in [0.2, 0.25) is 0 Å². The Labute approximate surface area is 143 Å². The third kappa shape index (κ3) is 3.95. The van der Waals surface area contributed by atoms with Crippen molar-refractivity contribution < 1.29 is 17.9 Å². The summed E-state index contributed by atoms with van der Waals surface area (Å²) in [5.41, 5.74) is 1.07. The highest BCUT2D eigenvalue weighted by molar-refractivity contribution is 7.91. The van der Waals surface area contributed by atoms with Crippen LogP contribution in [0.15, 0.2) is 24.5 Å². The second-order valence-corrected chi connectivity index (χ2v) is 9.28. The third-order valence-corrected chi connectivity index (χ3v) is 5.96. The number of carbonyl (C=O) groups is 1. The second-order valence-electron chi connectivity index (χ2n) is 7.14. The minimum atomic E-state index is -3.29. The molecule has 1 aliphatic carbocycles. The van der Waals surface area contributed by atoms with E-state index in [-0.39, 0.29) is 11.3 Å². The molecule has 1 aromatic rings. The molecule has 0 spiro atoms. The lowest BCUT2D eigenvalue weighted by Crippen LogP contribution is -2.37. The van der Waals surface area contributed by atoms with E-state index in [0.717, 1.165) is 31.1 Å². The van der Waals surface area contributed by atoms with Crippen molar-refractivity contribution in [1.29, 1.82) is 0 Å². The van der Waals surface area contributed by atoms with Gasteiger partial charge in [0.15, 0.2) is 9.84 Å². The number of amides is 1. The van der Waals surface area contributed by atoms with E-state index in [1.54, 1.807) is 17.3 Å². The number of hydrogen-bond acceptors (Lipinski definition) is 5. The average Bonchev–Trinajstić information content (AvgIpc) is 3.03. The van der Waals surface area contributed by atoms with E-state index in [0.29, 0.717) is 32.2 Å². The van der Waals surface area contributed by atoms with Gasteiger partial charge in [-0.05, 0) is 36.5 Å². The number of fused-ring (bicyclic) bond motifs is 1. The molecule has 1 aliphatic heterocycles. The molecule has 132 valence electrons. The summed E-state index contributed by atoms with van der Waals surface area (Å²) in [6.07, 6.45) is 7.87. The van der Waals surface area contributed by atoms with Crippen LogP contribution in [0.3, 0.4) is 0 Å². The summed E-state index contributed by atoms with van der Waals surface area (Å²) in [6.45, 7) is 2.42. The lowest BCUT2D eigenvalue weighted by molar-refractivity contribution is -0.128. The lowest BCUT2D eigenvalue weighted by atomic mass is 9.81. The molecule has 2 fully saturated rings. The first-order valence-electron chi connectivity index (χ1n) is 8.30. The van der Waals surface area contributed by atoms with E-state index in [2.05, 4.69) is 4.98 Å². The highest BCUT2D eigenvalue weighted by atomic mass is 32.2. The van der Waals surface area contributed by atoms with Gasteiger partial charge in [-0.1, -0.05) is 6.42 Å². The van der Waals surface area contributed by atoms with Crippen LogP contribution in [0.1, 0.15) is 24.8 Å². The van der Waals surface area contributed by atoms with Gasteiger partial charge < -0.3 is 9.64 Å². The van der Waals surface area contributed by atoms with Crippen LogP contribution in [0.5, 0.6) is 0 Å². The summed E-state index contributed by atoms with van der Waals surface area (Å²) < 4.78 is 28.7. The van der Waals surface area contributed by atoms with Crippen LogP contribution in [0.4, 0.5) is 0 Å². The van der Waals surface area contributed by atoms with Crippen molar-refractivity contribution in [1.82, 2.24) is 9.88 Å². The summed E-state index contributed by atoms with van der Waals surface area (Å²) >= 11 is 0. The van der Waals surface area contributed by atoms with Gasteiger partial charge in [0.05, 0.1) is 13.2 Å². The number of likely N-dealkylation sites (tertiary alicyclic amines) is 1. The van der Waals surface area contributed by atoms with Crippen LogP contribution in [-0.4, -0.2) is 55.9 Å². The number of carbonyl (C=O) groups excluding carboxylic acids is 1. The highest BCUT2D eigenvalue weighted by Crippen LogP contribution is 2.49. The van der Waals surface area contributed by atoms with Gasteiger partial charge in [-0.2, -0.15) is 0 Å². The van der Waals surface area contributed by atoms with Crippen molar-refractivity contribution in [3.05, 3.63) is 30.1 Å². The molecule has 0 radical (unpaired) electrons. The molecule has 0 unspecified atom stereocenters. The summed E-state index contributed by atoms with van der Waals surface area (Å²) in [5, 5.41) is 0. The quantitative estimate of drug-likeness (QED) is 0.771. The first-order valence-corrected chi connectivity index (χ1v) is 10.4. The van der Waals surface area contributed by atoms with Crippen LogP contribution in [0.25, 0.3) is 0 Å². The maximum absolute atomic E-state index is 12.2. The fraction of sp³-hybridized carbons (Fsp3) is 0.647. The second kappa shape index (κ2) is 6.80. The Hall–Kier alpha value is -1.47. The highest BCUT2D eigenvalue weighted by Gasteiger charge is 2.50. The zero-order chi connectivity index (χ0) is 17.2. The fourth-order valence-corrected chi connectivity index (χ4v) is 4.64. The number of ether oxygens (including phenoxy) is 1. The van der Waals surface area contributed by atoms with E-state index in [4.69, 9.17) is 4.74 Å². The van der Waals surface area contributed by atoms with E-state index in [1.807, 2.05) is 12.1 Å². The van der Waals surface area contributed by atoms with Crippen LogP contribution in [-0.2, 0) is 26.0 Å². The molecule has 1 saturated heterocycles. The molecular weight excluding hydrogens is 328 g/mol. The van der Waals surface area contributed by atoms with Gasteiger partial charge >= 0.3 is 0 Å². The Bertz CT molecular complexity index is 692. The van der Waals surface area contributed by atoms with Gasteiger partial charge in [0, 0.05) is 37.2 Å². The zero-order valence-electron chi connectivity index (χ0n) is 14.0. The van der Waals surface area contributed by atoms with Crippen molar-refractivity contribution in [3.8, 4) is 0 Å². The standard InChI is InChI=1S/C17H24N2O4S/c1-24(21,22)11-16(20)19-9-15-3-2-6-17(15,12-19)13-23-10-14-4-7-18-8-5-14/h4-5,7-8,15H,2-3,6,9-13H2,1H3/t15-,17+/m0/s1. The largest absolute Gasteiger partial charge is 0.376 e. The molecular formula is C17H24N2O4S. The van der Waals surface area contributed by atoms with Gasteiger partial charge in [0.2, 0.25) is 5.91 Å². The van der Waals surface area contributed by atoms with Crippen molar-refractivity contribution in [2.45, 2.75) is 25.9 Å². The number of nitrogens with zero attached hydrogens (tertiary/aromatic N) is 2. The van der Waals surface area contributed by atoms with Crippen molar-refractivity contribution in [2.75, 3.05) is 31.7 Å². The van der Waals surface area contributed by atoms with Crippen molar-refractivity contribution >= 4 is 15.7 Å². The zero-order valence-corrected chi connectivity index (χ0v) is 14.8. The van der Waals surface area contributed by atoms with Crippen LogP contribution >= 0.6 is 0 Å². The predicted molar refractivity (Wildman–Crippen MR) is 90.0 cm³/mol. The molecule has 0 bridgehead atoms. The predicted octanol–water partition coefficient (Wildman–Crippen LogP) is 1.27. The number of pyridine rings is 1. The monoisotopic (exact) mass is 352 g/mol. The van der Waals surface area contributed by atoms with Gasteiger partial charge in [0.1, 0.15) is 5.75 Å². The Balaban J connectivity index is 1.60. The minimum Gasteiger partial charge on any atom is -0.376 e. The van der Waals surface area contributed by atoms with Crippen LogP contribution in [0, 0.1) is 11.3 Å². The van der Waals surface area contributed by atoms with Crippen molar-refractivity contribution in [2.24, 2.45) is 11.3 Å². The van der Waals surface area contributed by atoms with E-state index in [1.165, 1.54) is 0 Å². The molecule has 1 amide bonds. The lowest BCUT2D eigenvalue weighted by Gasteiger charge is -2.28. The molecule has 3 rings (SSSR count). The number of sulfone groups is 1. The molecule has 1 saturated carbocycles. The fourth-order valence-electron chi connectivity index (χ4n) is 4.01. The molecule has 24 heavy (non-hydrogen) atoms. The van der Waals surface area contributed by atoms with Crippen LogP contribution < -0.4 is 0 Å². The normalized spacial score (nSPS) is 26.5. The molecule has 6 nitrogen and oxygen atoms in total. The smallest absolute Gasteiger partial charge is 0.237 e. The minimum absolute atomic E-state index is 0.0137. The summed E-state index contributed by atoms with van der Waals surface area (Å²) in [6, 6.07) is 3.86. The maximum Gasteiger partial charge on any atom is 0.237 e. The number of rotatable bonds is 6. The third-order valence-electron chi connectivity index (χ3n) is 5.19. The maximum atomic E-state index is 12.2. The summed E-state index contributed by atoms with van der Waals surface area (Å²) in [7, 11) is -3.29. The molecule has 2 heterocycles. The van der Waals surface area contributed by atoms with Crippen molar-refractivity contribution in [3.63, 3.8) is 0 Å². The molecule has 7 heteroatoms.